The Morgan fingerprint density at radius 3 is 2.62 bits per heavy atom. The van der Waals surface area contributed by atoms with Crippen molar-refractivity contribution in [3.63, 3.8) is 0 Å². The number of aryl methyl sites for hydroxylation is 3. The first-order valence-electron chi connectivity index (χ1n) is 8.34. The van der Waals surface area contributed by atoms with Crippen LogP contribution in [0.25, 0.3) is 5.65 Å². The first-order valence-corrected chi connectivity index (χ1v) is 8.34. The van der Waals surface area contributed by atoms with E-state index in [1.165, 1.54) is 0 Å². The molecule has 7 nitrogen and oxygen atoms in total. The lowest BCUT2D eigenvalue weighted by Crippen LogP contribution is -2.42. The van der Waals surface area contributed by atoms with E-state index in [9.17, 15) is 9.90 Å². The van der Waals surface area contributed by atoms with E-state index >= 15 is 0 Å². The third kappa shape index (κ3) is 2.89. The molecule has 1 unspecified atom stereocenters. The number of carbonyl (C=O) groups is 1. The minimum absolute atomic E-state index is 0.0478. The molecule has 1 aliphatic rings. The zero-order valence-electron chi connectivity index (χ0n) is 14.4. The van der Waals surface area contributed by atoms with Crippen LogP contribution < -0.4 is 0 Å². The topological polar surface area (TPSA) is 91.0 Å². The highest BCUT2D eigenvalue weighted by Gasteiger charge is 2.30. The van der Waals surface area contributed by atoms with Gasteiger partial charge in [0.2, 0.25) is 0 Å². The summed E-state index contributed by atoms with van der Waals surface area (Å²) in [5.41, 5.74) is 3.65. The number of hydrogen-bond donors (Lipinski definition) is 2. The van der Waals surface area contributed by atoms with Gasteiger partial charge in [-0.2, -0.15) is 5.10 Å². The first-order chi connectivity index (χ1) is 11.4. The lowest BCUT2D eigenvalue weighted by Gasteiger charge is -2.33. The Kier molecular flexibility index (Phi) is 4.56. The van der Waals surface area contributed by atoms with Crippen molar-refractivity contribution in [2.24, 2.45) is 5.92 Å². The number of hydrogen-bond acceptors (Lipinski definition) is 5. The summed E-state index contributed by atoms with van der Waals surface area (Å²) >= 11 is 0. The van der Waals surface area contributed by atoms with Gasteiger partial charge < -0.3 is 15.1 Å². The van der Waals surface area contributed by atoms with E-state index in [0.717, 1.165) is 11.4 Å². The van der Waals surface area contributed by atoms with Crippen LogP contribution >= 0.6 is 0 Å². The Hall–Kier alpha value is -1.99. The lowest BCUT2D eigenvalue weighted by atomic mass is 9.91. The second-order valence-corrected chi connectivity index (χ2v) is 6.61. The smallest absolute Gasteiger partial charge is 0.259 e. The molecule has 3 rings (SSSR count). The molecule has 0 bridgehead atoms. The summed E-state index contributed by atoms with van der Waals surface area (Å²) in [6, 6.07) is 1.94. The van der Waals surface area contributed by atoms with Gasteiger partial charge in [0.05, 0.1) is 18.4 Å². The van der Waals surface area contributed by atoms with Gasteiger partial charge in [0, 0.05) is 24.5 Å². The largest absolute Gasteiger partial charge is 0.394 e. The molecular weight excluding hydrogens is 308 g/mol. The average molecular weight is 332 g/mol. The SMILES string of the molecule is Cc1cc(C)n2nc(C)c(C(=O)N3CCC(C(O)CO)CC3)c2n1. The van der Waals surface area contributed by atoms with E-state index in [-0.39, 0.29) is 18.4 Å². The van der Waals surface area contributed by atoms with Gasteiger partial charge in [0.1, 0.15) is 5.56 Å². The summed E-state index contributed by atoms with van der Waals surface area (Å²) in [5, 5.41) is 23.3. The molecule has 0 spiro atoms. The number of carbonyl (C=O) groups excluding carboxylic acids is 1. The minimum atomic E-state index is -0.701. The van der Waals surface area contributed by atoms with Crippen molar-refractivity contribution in [1.82, 2.24) is 19.5 Å². The van der Waals surface area contributed by atoms with E-state index in [2.05, 4.69) is 10.1 Å². The van der Waals surface area contributed by atoms with Crippen LogP contribution in [0.4, 0.5) is 0 Å². The fourth-order valence-electron chi connectivity index (χ4n) is 3.47. The fourth-order valence-corrected chi connectivity index (χ4v) is 3.47. The van der Waals surface area contributed by atoms with Crippen molar-refractivity contribution in [2.75, 3.05) is 19.7 Å². The number of fused-ring (bicyclic) bond motifs is 1. The number of aliphatic hydroxyl groups excluding tert-OH is 2. The van der Waals surface area contributed by atoms with Crippen molar-refractivity contribution in [3.05, 3.63) is 28.7 Å². The molecule has 2 aromatic heterocycles. The number of piperidine rings is 1. The molecule has 24 heavy (non-hydrogen) atoms. The molecular formula is C17H24N4O3. The summed E-state index contributed by atoms with van der Waals surface area (Å²) < 4.78 is 1.72. The number of aliphatic hydroxyl groups is 2. The van der Waals surface area contributed by atoms with Gasteiger partial charge in [0.25, 0.3) is 5.91 Å². The molecule has 0 aromatic carbocycles. The van der Waals surface area contributed by atoms with Crippen LogP contribution in [0.1, 0.15) is 40.3 Å². The number of nitrogens with zero attached hydrogens (tertiary/aromatic N) is 4. The molecule has 130 valence electrons. The number of aromatic nitrogens is 3. The maximum atomic E-state index is 13.0. The Balaban J connectivity index is 1.86. The zero-order chi connectivity index (χ0) is 17.4. The quantitative estimate of drug-likeness (QED) is 0.870. The van der Waals surface area contributed by atoms with Gasteiger partial charge >= 0.3 is 0 Å². The highest BCUT2D eigenvalue weighted by atomic mass is 16.3. The van der Waals surface area contributed by atoms with Crippen LogP contribution in [0.5, 0.6) is 0 Å². The summed E-state index contributed by atoms with van der Waals surface area (Å²) in [6.45, 7) is 6.60. The molecule has 1 aliphatic heterocycles. The van der Waals surface area contributed by atoms with E-state index in [1.807, 2.05) is 26.8 Å². The molecule has 7 heteroatoms. The minimum Gasteiger partial charge on any atom is -0.394 e. The molecule has 1 atom stereocenters. The monoisotopic (exact) mass is 332 g/mol. The summed E-state index contributed by atoms with van der Waals surface area (Å²) in [7, 11) is 0. The number of amides is 1. The normalized spacial score (nSPS) is 17.5. The molecule has 0 saturated carbocycles. The number of likely N-dealkylation sites (tertiary alicyclic amines) is 1. The maximum absolute atomic E-state index is 13.0. The van der Waals surface area contributed by atoms with E-state index in [0.29, 0.717) is 42.8 Å². The predicted octanol–water partition coefficient (Wildman–Crippen LogP) is 0.860. The predicted molar refractivity (Wildman–Crippen MR) is 88.9 cm³/mol. The Labute approximate surface area is 140 Å². The second-order valence-electron chi connectivity index (χ2n) is 6.61. The van der Waals surface area contributed by atoms with Crippen LogP contribution in [0.3, 0.4) is 0 Å². The molecule has 2 aromatic rings. The van der Waals surface area contributed by atoms with Gasteiger partial charge in [-0.15, -0.1) is 0 Å². The maximum Gasteiger partial charge on any atom is 0.259 e. The third-order valence-corrected chi connectivity index (χ3v) is 4.84. The molecule has 0 aliphatic carbocycles. The van der Waals surface area contributed by atoms with Crippen molar-refractivity contribution < 1.29 is 15.0 Å². The van der Waals surface area contributed by atoms with E-state index < -0.39 is 6.10 Å². The Bertz CT molecular complexity index is 763. The van der Waals surface area contributed by atoms with E-state index in [4.69, 9.17) is 5.11 Å². The first kappa shape index (κ1) is 16.9. The van der Waals surface area contributed by atoms with Crippen molar-refractivity contribution >= 4 is 11.6 Å². The van der Waals surface area contributed by atoms with Gasteiger partial charge in [0.15, 0.2) is 5.65 Å². The van der Waals surface area contributed by atoms with Crippen LogP contribution in [0.15, 0.2) is 6.07 Å². The van der Waals surface area contributed by atoms with Crippen molar-refractivity contribution in [2.45, 2.75) is 39.7 Å². The summed E-state index contributed by atoms with van der Waals surface area (Å²) in [4.78, 5) is 19.3. The van der Waals surface area contributed by atoms with Crippen LogP contribution in [-0.2, 0) is 0 Å². The molecule has 1 fully saturated rings. The Morgan fingerprint density at radius 2 is 2.00 bits per heavy atom. The molecule has 2 N–H and O–H groups in total. The lowest BCUT2D eigenvalue weighted by molar-refractivity contribution is 0.0179. The molecule has 0 radical (unpaired) electrons. The molecule has 1 amide bonds. The van der Waals surface area contributed by atoms with Crippen LogP contribution in [-0.4, -0.2) is 61.4 Å². The van der Waals surface area contributed by atoms with Gasteiger partial charge in [-0.1, -0.05) is 0 Å². The second kappa shape index (κ2) is 6.49. The Morgan fingerprint density at radius 1 is 1.33 bits per heavy atom. The van der Waals surface area contributed by atoms with Gasteiger partial charge in [-0.3, -0.25) is 4.79 Å². The third-order valence-electron chi connectivity index (χ3n) is 4.84. The highest BCUT2D eigenvalue weighted by Crippen LogP contribution is 2.24. The summed E-state index contributed by atoms with van der Waals surface area (Å²) in [6.07, 6.45) is 0.682. The zero-order valence-corrected chi connectivity index (χ0v) is 14.4. The standard InChI is InChI=1S/C17H24N4O3/c1-10-8-11(2)21-16(18-10)15(12(3)19-21)17(24)20-6-4-13(5-7-20)14(23)9-22/h8,13-14,22-23H,4-7,9H2,1-3H3. The summed E-state index contributed by atoms with van der Waals surface area (Å²) in [5.74, 6) is -0.0106. The van der Waals surface area contributed by atoms with Crippen molar-refractivity contribution in [1.29, 1.82) is 0 Å². The van der Waals surface area contributed by atoms with Gasteiger partial charge in [-0.05, 0) is 45.6 Å². The van der Waals surface area contributed by atoms with Gasteiger partial charge in [-0.25, -0.2) is 9.50 Å². The van der Waals surface area contributed by atoms with Crippen LogP contribution in [0, 0.1) is 26.7 Å². The highest BCUT2D eigenvalue weighted by molar-refractivity contribution is 6.01. The molecule has 3 heterocycles. The van der Waals surface area contributed by atoms with E-state index in [1.54, 1.807) is 9.42 Å². The average Bonchev–Trinajstić information content (AvgIpc) is 2.90. The van der Waals surface area contributed by atoms with Crippen molar-refractivity contribution in [3.8, 4) is 0 Å². The van der Waals surface area contributed by atoms with Crippen LogP contribution in [0.2, 0.25) is 0 Å². The number of rotatable bonds is 3. The molecule has 1 saturated heterocycles. The fraction of sp³-hybridized carbons (Fsp3) is 0.588.